The third-order valence-corrected chi connectivity index (χ3v) is 6.26. The number of hydrogen-bond donors (Lipinski definition) is 2. The van der Waals surface area contributed by atoms with E-state index < -0.39 is 27.0 Å². The van der Waals surface area contributed by atoms with Crippen LogP contribution in [0.2, 0.25) is 0 Å². The van der Waals surface area contributed by atoms with Gasteiger partial charge in [0.2, 0.25) is 0 Å². The molecule has 0 aliphatic heterocycles. The van der Waals surface area contributed by atoms with Crippen LogP contribution in [0, 0.1) is 5.13 Å². The molecule has 0 saturated carbocycles. The highest BCUT2D eigenvalue weighted by Crippen LogP contribution is 2.18. The predicted octanol–water partition coefficient (Wildman–Crippen LogP) is 1.83. The predicted molar refractivity (Wildman–Crippen MR) is 110 cm³/mol. The summed E-state index contributed by atoms with van der Waals surface area (Å²) in [5.41, 5.74) is 0.0831. The minimum Gasteiger partial charge on any atom is -0.392 e. The number of aliphatic hydroxyl groups excluding tert-OH is 1. The van der Waals surface area contributed by atoms with Crippen molar-refractivity contribution in [1.82, 2.24) is 4.98 Å². The number of thiazole rings is 1. The molecule has 164 valence electrons. The summed E-state index contributed by atoms with van der Waals surface area (Å²) in [6.45, 7) is 1.55. The first kappa shape index (κ1) is 23.9. The number of benzene rings is 1. The number of rotatable bonds is 11. The Kier molecular flexibility index (Phi) is 8.84. The van der Waals surface area contributed by atoms with Crippen molar-refractivity contribution in [2.24, 2.45) is 5.16 Å². The fourth-order valence-corrected chi connectivity index (χ4v) is 4.02. The van der Waals surface area contributed by atoms with Gasteiger partial charge >= 0.3 is 0 Å². The molecule has 2 aromatic rings. The number of carbonyl (C=O) groups excluding carboxylic acids is 1. The molecule has 0 radical (unpaired) electrons. The normalized spacial score (nSPS) is 13.1. The molecule has 2 rings (SSSR count). The van der Waals surface area contributed by atoms with Gasteiger partial charge in [-0.15, -0.1) is 0 Å². The molecule has 1 aromatic carbocycles. The number of oxime groups is 1. The van der Waals surface area contributed by atoms with Gasteiger partial charge in [-0.25, -0.2) is 13.4 Å². The van der Waals surface area contributed by atoms with E-state index in [1.807, 2.05) is 0 Å². The van der Waals surface area contributed by atoms with Crippen molar-refractivity contribution in [2.45, 2.75) is 24.3 Å². The lowest BCUT2D eigenvalue weighted by Crippen LogP contribution is -2.25. The van der Waals surface area contributed by atoms with E-state index in [0.717, 1.165) is 6.20 Å². The van der Waals surface area contributed by atoms with Gasteiger partial charge in [-0.3, -0.25) is 10.1 Å². The molecule has 9 nitrogen and oxygen atoms in total. The Bertz CT molecular complexity index is 976. The van der Waals surface area contributed by atoms with E-state index in [-0.39, 0.29) is 33.7 Å². The van der Waals surface area contributed by atoms with Crippen molar-refractivity contribution in [1.29, 1.82) is 0 Å². The fraction of sp³-hybridized carbons (Fsp3) is 0.389. The van der Waals surface area contributed by atoms with Crippen LogP contribution < -0.4 is 5.32 Å². The largest absolute Gasteiger partial charge is 0.392 e. The summed E-state index contributed by atoms with van der Waals surface area (Å²) in [7, 11) is -2.01. The number of methoxy groups -OCH3 is 1. The molecule has 0 bridgehead atoms. The van der Waals surface area contributed by atoms with Crippen LogP contribution in [0.5, 0.6) is 0 Å². The summed E-state index contributed by atoms with van der Waals surface area (Å²) in [6.07, 6.45) is 0.642. The van der Waals surface area contributed by atoms with Crippen LogP contribution in [0.25, 0.3) is 0 Å². The van der Waals surface area contributed by atoms with Gasteiger partial charge in [-0.1, -0.05) is 28.6 Å². The van der Waals surface area contributed by atoms with Crippen LogP contribution in [-0.4, -0.2) is 62.3 Å². The van der Waals surface area contributed by atoms with Crippen molar-refractivity contribution in [3.63, 3.8) is 0 Å². The van der Waals surface area contributed by atoms with E-state index >= 15 is 0 Å². The number of ether oxygens (including phenoxy) is 1. The number of carbonyl (C=O) groups is 1. The average Bonchev–Trinajstić information content (AvgIpc) is 3.13. The summed E-state index contributed by atoms with van der Waals surface area (Å²) in [5.74, 6) is -0.806. The minimum absolute atomic E-state index is 0.0257. The first-order valence-electron chi connectivity index (χ1n) is 8.86. The molecule has 1 amide bonds. The molecule has 0 fully saturated rings. The number of anilines is 1. The van der Waals surface area contributed by atoms with Gasteiger partial charge in [0.05, 0.1) is 23.5 Å². The molecule has 0 aliphatic carbocycles. The Hall–Kier alpha value is -2.41. The quantitative estimate of drug-likeness (QED) is 0.298. The first-order chi connectivity index (χ1) is 14.3. The number of nitrogens with one attached hydrogen (secondary N) is 1. The fourth-order valence-electron chi connectivity index (χ4n) is 2.20. The second-order valence-electron chi connectivity index (χ2n) is 6.15. The number of aliphatic hydroxyl groups is 1. The molecule has 0 aliphatic rings. The van der Waals surface area contributed by atoms with Crippen molar-refractivity contribution in [2.75, 3.05) is 31.4 Å². The van der Waals surface area contributed by atoms with E-state index in [4.69, 9.17) is 14.7 Å². The number of nitrogens with zero attached hydrogens (tertiary/aromatic N) is 2. The number of aromatic nitrogens is 1. The van der Waals surface area contributed by atoms with Crippen molar-refractivity contribution >= 4 is 37.9 Å². The lowest BCUT2D eigenvalue weighted by Gasteiger charge is -2.10. The summed E-state index contributed by atoms with van der Waals surface area (Å²) >= 11 is 0.638. The lowest BCUT2D eigenvalue weighted by molar-refractivity contribution is -0.110. The Balaban J connectivity index is 2.26. The molecule has 2 N–H and O–H groups in total. The molecule has 0 saturated heterocycles. The number of halogens is 1. The van der Waals surface area contributed by atoms with E-state index in [2.05, 4.69) is 15.5 Å². The molecular formula is C18H22FN3O6S2. The lowest BCUT2D eigenvalue weighted by atomic mass is 10.1. The van der Waals surface area contributed by atoms with Crippen LogP contribution in [-0.2, 0) is 24.2 Å². The summed E-state index contributed by atoms with van der Waals surface area (Å²) < 4.78 is 42.7. The smallest absolute Gasteiger partial charge is 0.280 e. The highest BCUT2D eigenvalue weighted by molar-refractivity contribution is 7.91. The Morgan fingerprint density at radius 2 is 2.07 bits per heavy atom. The Morgan fingerprint density at radius 3 is 2.63 bits per heavy atom. The van der Waals surface area contributed by atoms with Gasteiger partial charge in [-0.2, -0.15) is 4.39 Å². The SMILES string of the molecule is COCCCS(=O)(=O)c1ccc(/C(=N\O[C@H](C)CO)C(=O)Nc2ncc(F)s2)cc1. The van der Waals surface area contributed by atoms with Crippen molar-refractivity contribution in [3.8, 4) is 0 Å². The Morgan fingerprint density at radius 1 is 1.37 bits per heavy atom. The van der Waals surface area contributed by atoms with Crippen LogP contribution in [0.1, 0.15) is 18.9 Å². The topological polar surface area (TPSA) is 127 Å². The molecule has 0 unspecified atom stereocenters. The van der Waals surface area contributed by atoms with E-state index in [1.165, 1.54) is 31.4 Å². The molecule has 0 spiro atoms. The van der Waals surface area contributed by atoms with Gasteiger partial charge in [0.25, 0.3) is 5.91 Å². The van der Waals surface area contributed by atoms with E-state index in [9.17, 15) is 17.6 Å². The van der Waals surface area contributed by atoms with Crippen LogP contribution in [0.4, 0.5) is 9.52 Å². The molecule has 12 heteroatoms. The maximum atomic E-state index is 13.1. The maximum Gasteiger partial charge on any atom is 0.280 e. The van der Waals surface area contributed by atoms with Gasteiger partial charge < -0.3 is 14.7 Å². The average molecular weight is 460 g/mol. The zero-order valence-electron chi connectivity index (χ0n) is 16.4. The third-order valence-electron chi connectivity index (χ3n) is 3.74. The standard InChI is InChI=1S/C18H22FN3O6S2/c1-12(11-23)28-22-16(17(24)21-18-20-10-15(19)29-18)13-4-6-14(7-5-13)30(25,26)9-3-8-27-2/h4-7,10,12,23H,3,8-9,11H2,1-2H3,(H,20,21,24)/b22-16+/t12-/m1/s1. The highest BCUT2D eigenvalue weighted by Gasteiger charge is 2.20. The molecular weight excluding hydrogens is 437 g/mol. The zero-order chi connectivity index (χ0) is 22.1. The third kappa shape index (κ3) is 6.83. The summed E-state index contributed by atoms with van der Waals surface area (Å²) in [4.78, 5) is 21.5. The zero-order valence-corrected chi connectivity index (χ0v) is 18.0. The van der Waals surface area contributed by atoms with Gasteiger partial charge in [0.15, 0.2) is 25.8 Å². The summed E-state index contributed by atoms with van der Waals surface area (Å²) in [5, 5.41) is 14.7. The van der Waals surface area contributed by atoms with E-state index in [0.29, 0.717) is 24.4 Å². The molecule has 1 aromatic heterocycles. The van der Waals surface area contributed by atoms with Gasteiger partial charge in [0.1, 0.15) is 6.10 Å². The number of amides is 1. The summed E-state index contributed by atoms with van der Waals surface area (Å²) in [6, 6.07) is 5.55. The van der Waals surface area contributed by atoms with Crippen LogP contribution in [0.15, 0.2) is 40.5 Å². The van der Waals surface area contributed by atoms with Crippen molar-refractivity contribution in [3.05, 3.63) is 41.2 Å². The second-order valence-corrected chi connectivity index (χ2v) is 9.24. The number of sulfone groups is 1. The molecule has 1 atom stereocenters. The number of hydrogen-bond acceptors (Lipinski definition) is 9. The minimum atomic E-state index is -3.51. The van der Waals surface area contributed by atoms with Crippen molar-refractivity contribution < 1.29 is 32.3 Å². The van der Waals surface area contributed by atoms with Crippen LogP contribution >= 0.6 is 11.3 Å². The Labute approximate surface area is 177 Å². The monoisotopic (exact) mass is 459 g/mol. The van der Waals surface area contributed by atoms with E-state index in [1.54, 1.807) is 6.92 Å². The van der Waals surface area contributed by atoms with Crippen LogP contribution in [0.3, 0.4) is 0 Å². The maximum absolute atomic E-state index is 13.1. The first-order valence-corrected chi connectivity index (χ1v) is 11.3. The van der Waals surface area contributed by atoms with Gasteiger partial charge in [-0.05, 0) is 25.5 Å². The molecule has 1 heterocycles. The second kappa shape index (κ2) is 11.1. The molecule has 30 heavy (non-hydrogen) atoms. The highest BCUT2D eigenvalue weighted by atomic mass is 32.2. The van der Waals surface area contributed by atoms with Gasteiger partial charge in [0, 0.05) is 19.3 Å².